The van der Waals surface area contributed by atoms with Crippen LogP contribution in [0.15, 0.2) is 4.99 Å². The van der Waals surface area contributed by atoms with Gasteiger partial charge >= 0.3 is 0 Å². The Kier molecular flexibility index (Phi) is 6.31. The standard InChI is InChI=1S/C7H17N5.ClH/c1-7(2,3)4-11-6(10)12-5(8)9;/h4H2,1-3H3,(H6,8,9,10,11,12);1H. The van der Waals surface area contributed by atoms with Crippen LogP contribution in [0.3, 0.4) is 0 Å². The number of halogens is 1. The summed E-state index contributed by atoms with van der Waals surface area (Å²) < 4.78 is 0. The normalized spacial score (nSPS) is 11.8. The second-order valence-corrected chi connectivity index (χ2v) is 3.80. The lowest BCUT2D eigenvalue weighted by Crippen LogP contribution is -2.38. The molecule has 0 unspecified atom stereocenters. The van der Waals surface area contributed by atoms with Gasteiger partial charge in [0.05, 0.1) is 0 Å². The Morgan fingerprint density at radius 1 is 1.38 bits per heavy atom. The van der Waals surface area contributed by atoms with Crippen molar-refractivity contribution in [2.45, 2.75) is 20.8 Å². The molecule has 0 aromatic carbocycles. The van der Waals surface area contributed by atoms with Crippen molar-refractivity contribution >= 4 is 24.3 Å². The summed E-state index contributed by atoms with van der Waals surface area (Å²) in [5.41, 5.74) is 10.5. The number of aliphatic imine (C=N–C) groups is 1. The Morgan fingerprint density at radius 3 is 2.15 bits per heavy atom. The Balaban J connectivity index is 0. The van der Waals surface area contributed by atoms with Gasteiger partial charge in [0.1, 0.15) is 0 Å². The third-order valence-electron chi connectivity index (χ3n) is 1.04. The maximum atomic E-state index is 6.83. The van der Waals surface area contributed by atoms with Gasteiger partial charge in [-0.1, -0.05) is 20.8 Å². The van der Waals surface area contributed by atoms with Crippen molar-refractivity contribution in [2.75, 3.05) is 6.54 Å². The molecule has 13 heavy (non-hydrogen) atoms. The summed E-state index contributed by atoms with van der Waals surface area (Å²) in [4.78, 5) is 3.52. The molecule has 0 aliphatic carbocycles. The van der Waals surface area contributed by atoms with Gasteiger partial charge in [0.2, 0.25) is 5.96 Å². The van der Waals surface area contributed by atoms with Crippen LogP contribution in [0.2, 0.25) is 0 Å². The van der Waals surface area contributed by atoms with Crippen LogP contribution in [0.5, 0.6) is 0 Å². The zero-order valence-corrected chi connectivity index (χ0v) is 9.03. The Morgan fingerprint density at radius 2 is 1.85 bits per heavy atom. The van der Waals surface area contributed by atoms with Crippen LogP contribution in [0.4, 0.5) is 0 Å². The smallest absolute Gasteiger partial charge is 0.215 e. The van der Waals surface area contributed by atoms with Crippen LogP contribution in [-0.4, -0.2) is 18.5 Å². The van der Waals surface area contributed by atoms with Crippen molar-refractivity contribution in [3.8, 4) is 0 Å². The van der Waals surface area contributed by atoms with Crippen molar-refractivity contribution < 1.29 is 0 Å². The molecule has 6 N–H and O–H groups in total. The molecule has 0 aliphatic heterocycles. The maximum absolute atomic E-state index is 6.83. The molecule has 0 aromatic heterocycles. The predicted octanol–water partition coefficient (Wildman–Crippen LogP) is 0.252. The lowest BCUT2D eigenvalue weighted by molar-refractivity contribution is 0.408. The van der Waals surface area contributed by atoms with Crippen LogP contribution in [0.1, 0.15) is 20.8 Å². The van der Waals surface area contributed by atoms with Crippen LogP contribution in [0.25, 0.3) is 0 Å². The number of hydrogen-bond acceptors (Lipinski definition) is 1. The third kappa shape index (κ3) is 11.0. The molecule has 6 heteroatoms. The zero-order valence-electron chi connectivity index (χ0n) is 8.22. The van der Waals surface area contributed by atoms with Crippen molar-refractivity contribution in [3.63, 3.8) is 0 Å². The quantitative estimate of drug-likeness (QED) is 0.366. The summed E-state index contributed by atoms with van der Waals surface area (Å²) in [6.07, 6.45) is 0. The number of hydrogen-bond donors (Lipinski definition) is 4. The van der Waals surface area contributed by atoms with Crippen LogP contribution in [-0.2, 0) is 0 Å². The Hall–Kier alpha value is -0.970. The molecule has 0 bridgehead atoms. The number of nitrogens with zero attached hydrogens (tertiary/aromatic N) is 1. The van der Waals surface area contributed by atoms with Gasteiger partial charge in [-0.2, -0.15) is 4.99 Å². The molecule has 0 aromatic rings. The first-order valence-corrected chi connectivity index (χ1v) is 3.73. The highest BCUT2D eigenvalue weighted by molar-refractivity contribution is 5.91. The molecule has 0 radical (unpaired) electrons. The van der Waals surface area contributed by atoms with Crippen LogP contribution >= 0.6 is 12.4 Å². The van der Waals surface area contributed by atoms with E-state index in [4.69, 9.17) is 16.9 Å². The van der Waals surface area contributed by atoms with Gasteiger partial charge in [0.15, 0.2) is 5.96 Å². The fraction of sp³-hybridized carbons (Fsp3) is 0.714. The number of guanidine groups is 2. The van der Waals surface area contributed by atoms with Crippen LogP contribution in [0, 0.1) is 10.8 Å². The Labute approximate surface area is 84.9 Å². The zero-order chi connectivity index (χ0) is 9.78. The minimum atomic E-state index is -0.283. The van der Waals surface area contributed by atoms with E-state index in [-0.39, 0.29) is 29.7 Å². The van der Waals surface area contributed by atoms with E-state index in [9.17, 15) is 0 Å². The molecule has 0 heterocycles. The van der Waals surface area contributed by atoms with Gasteiger partial charge in [0, 0.05) is 6.54 Å². The topological polar surface area (TPSA) is 100 Å². The highest BCUT2D eigenvalue weighted by Gasteiger charge is 2.09. The average molecular weight is 208 g/mol. The van der Waals surface area contributed by atoms with Crippen molar-refractivity contribution in [2.24, 2.45) is 21.9 Å². The monoisotopic (exact) mass is 207 g/mol. The van der Waals surface area contributed by atoms with Crippen molar-refractivity contribution in [1.82, 2.24) is 5.32 Å². The van der Waals surface area contributed by atoms with E-state index in [0.717, 1.165) is 0 Å². The number of rotatable bonds is 1. The second kappa shape index (κ2) is 5.64. The first kappa shape index (κ1) is 14.5. The van der Waals surface area contributed by atoms with Gasteiger partial charge in [-0.05, 0) is 5.41 Å². The largest absolute Gasteiger partial charge is 0.370 e. The molecule has 0 spiro atoms. The average Bonchev–Trinajstić information content (AvgIpc) is 1.80. The molecule has 0 amide bonds. The van der Waals surface area contributed by atoms with Gasteiger partial charge in [-0.15, -0.1) is 12.4 Å². The number of nitrogens with two attached hydrogens (primary N) is 2. The molecule has 0 saturated carbocycles. The van der Waals surface area contributed by atoms with E-state index in [0.29, 0.717) is 6.54 Å². The fourth-order valence-electron chi connectivity index (χ4n) is 0.525. The van der Waals surface area contributed by atoms with Crippen LogP contribution < -0.4 is 16.8 Å². The highest BCUT2D eigenvalue weighted by atomic mass is 35.5. The molecule has 0 fully saturated rings. The van der Waals surface area contributed by atoms with Gasteiger partial charge in [-0.25, -0.2) is 0 Å². The molecular weight excluding hydrogens is 190 g/mol. The molecule has 0 saturated heterocycles. The summed E-state index contributed by atoms with van der Waals surface area (Å²) in [6, 6.07) is 0. The summed E-state index contributed by atoms with van der Waals surface area (Å²) in [7, 11) is 0. The SMILES string of the molecule is CC(C)(C)CN/C(N)=N/C(=N)N.Cl. The molecule has 78 valence electrons. The lowest BCUT2D eigenvalue weighted by Gasteiger charge is -2.18. The van der Waals surface area contributed by atoms with Crippen molar-refractivity contribution in [3.05, 3.63) is 0 Å². The maximum Gasteiger partial charge on any atom is 0.215 e. The second-order valence-electron chi connectivity index (χ2n) is 3.80. The van der Waals surface area contributed by atoms with E-state index in [1.807, 2.05) is 0 Å². The third-order valence-corrected chi connectivity index (χ3v) is 1.04. The molecule has 0 rings (SSSR count). The van der Waals surface area contributed by atoms with Crippen molar-refractivity contribution in [1.29, 1.82) is 5.41 Å². The first-order valence-electron chi connectivity index (χ1n) is 3.73. The first-order chi connectivity index (χ1) is 5.31. The highest BCUT2D eigenvalue weighted by Crippen LogP contribution is 2.09. The van der Waals surface area contributed by atoms with Gasteiger partial charge < -0.3 is 16.8 Å². The number of nitrogens with one attached hydrogen (secondary N) is 2. The summed E-state index contributed by atoms with van der Waals surface area (Å²) in [6.45, 7) is 6.92. The summed E-state index contributed by atoms with van der Waals surface area (Å²) >= 11 is 0. The van der Waals surface area contributed by atoms with Gasteiger partial charge in [0.25, 0.3) is 0 Å². The van der Waals surface area contributed by atoms with E-state index in [2.05, 4.69) is 31.1 Å². The van der Waals surface area contributed by atoms with E-state index < -0.39 is 0 Å². The van der Waals surface area contributed by atoms with E-state index >= 15 is 0 Å². The lowest BCUT2D eigenvalue weighted by atomic mass is 9.97. The predicted molar refractivity (Wildman–Crippen MR) is 58.2 cm³/mol. The minimum Gasteiger partial charge on any atom is -0.370 e. The molecule has 0 aliphatic rings. The molecule has 0 atom stereocenters. The van der Waals surface area contributed by atoms with E-state index in [1.54, 1.807) is 0 Å². The fourth-order valence-corrected chi connectivity index (χ4v) is 0.525. The summed E-state index contributed by atoms with van der Waals surface area (Å²) in [5, 5.41) is 9.69. The molecule has 5 nitrogen and oxygen atoms in total. The minimum absolute atomic E-state index is 0. The molecular formula is C7H18ClN5. The van der Waals surface area contributed by atoms with E-state index in [1.165, 1.54) is 0 Å². The van der Waals surface area contributed by atoms with Gasteiger partial charge in [-0.3, -0.25) is 5.41 Å². The Bertz CT molecular complexity index is 194. The summed E-state index contributed by atoms with van der Waals surface area (Å²) in [5.74, 6) is -0.0914.